The highest BCUT2D eigenvalue weighted by Gasteiger charge is 2.12. The highest BCUT2D eigenvalue weighted by molar-refractivity contribution is 9.11. The molecule has 102 valence electrons. The van der Waals surface area contributed by atoms with E-state index in [9.17, 15) is 0 Å². The summed E-state index contributed by atoms with van der Waals surface area (Å²) in [6.45, 7) is 3.12. The van der Waals surface area contributed by atoms with E-state index in [4.69, 9.17) is 4.74 Å². The first-order valence-electron chi connectivity index (χ1n) is 6.04. The highest BCUT2D eigenvalue weighted by Crippen LogP contribution is 2.28. The molecule has 1 saturated heterocycles. The van der Waals surface area contributed by atoms with Crippen molar-refractivity contribution < 1.29 is 4.74 Å². The number of rotatable bonds is 4. The van der Waals surface area contributed by atoms with Crippen molar-refractivity contribution in [1.29, 1.82) is 0 Å². The summed E-state index contributed by atoms with van der Waals surface area (Å²) in [5, 5.41) is 3.43. The second-order valence-corrected chi connectivity index (χ2v) is 6.19. The van der Waals surface area contributed by atoms with Crippen LogP contribution in [0.15, 0.2) is 27.1 Å². The van der Waals surface area contributed by atoms with Crippen LogP contribution in [0.2, 0.25) is 0 Å². The van der Waals surface area contributed by atoms with E-state index in [0.717, 1.165) is 40.2 Å². The normalized spacial score (nSPS) is 19.1. The Morgan fingerprint density at radius 3 is 2.83 bits per heavy atom. The molecule has 0 radical (unpaired) electrons. The van der Waals surface area contributed by atoms with Gasteiger partial charge in [0.05, 0.1) is 11.1 Å². The maximum atomic E-state index is 5.80. The summed E-state index contributed by atoms with van der Waals surface area (Å²) in [6.07, 6.45) is 3.76. The van der Waals surface area contributed by atoms with Crippen LogP contribution in [-0.4, -0.2) is 19.7 Å². The second-order valence-electron chi connectivity index (χ2n) is 4.42. The minimum absolute atomic E-state index is 0. The van der Waals surface area contributed by atoms with Gasteiger partial charge in [-0.25, -0.2) is 0 Å². The quantitative estimate of drug-likeness (QED) is 0.810. The number of ether oxygens (including phenoxy) is 1. The highest BCUT2D eigenvalue weighted by atomic mass is 79.9. The molecule has 0 bridgehead atoms. The zero-order chi connectivity index (χ0) is 12.1. The molecule has 0 spiro atoms. The van der Waals surface area contributed by atoms with Crippen LogP contribution in [-0.2, 0) is 0 Å². The SMILES string of the molecule is Brc1ccc(OCCC2CCCNC2)c(Br)c1.Cl. The Morgan fingerprint density at radius 2 is 2.17 bits per heavy atom. The topological polar surface area (TPSA) is 21.3 Å². The minimum Gasteiger partial charge on any atom is -0.492 e. The van der Waals surface area contributed by atoms with Gasteiger partial charge in [-0.3, -0.25) is 0 Å². The summed E-state index contributed by atoms with van der Waals surface area (Å²) in [6, 6.07) is 6.01. The predicted molar refractivity (Wildman–Crippen MR) is 84.8 cm³/mol. The van der Waals surface area contributed by atoms with Gasteiger partial charge < -0.3 is 10.1 Å². The Kier molecular flexibility index (Phi) is 7.61. The molecular weight excluding hydrogens is 381 g/mol. The summed E-state index contributed by atoms with van der Waals surface area (Å²) < 4.78 is 7.87. The summed E-state index contributed by atoms with van der Waals surface area (Å²) >= 11 is 6.94. The second kappa shape index (κ2) is 8.41. The van der Waals surface area contributed by atoms with Crippen molar-refractivity contribution in [2.45, 2.75) is 19.3 Å². The molecule has 1 unspecified atom stereocenters. The molecule has 0 aromatic heterocycles. The van der Waals surface area contributed by atoms with Gasteiger partial charge in [-0.15, -0.1) is 12.4 Å². The lowest BCUT2D eigenvalue weighted by Crippen LogP contribution is -2.30. The largest absolute Gasteiger partial charge is 0.492 e. The fourth-order valence-corrected chi connectivity index (χ4v) is 3.26. The summed E-state index contributed by atoms with van der Waals surface area (Å²) in [7, 11) is 0. The fourth-order valence-electron chi connectivity index (χ4n) is 2.10. The van der Waals surface area contributed by atoms with E-state index in [-0.39, 0.29) is 12.4 Å². The van der Waals surface area contributed by atoms with E-state index >= 15 is 0 Å². The predicted octanol–water partition coefficient (Wildman–Crippen LogP) is 4.40. The van der Waals surface area contributed by atoms with E-state index in [1.165, 1.54) is 19.4 Å². The van der Waals surface area contributed by atoms with Crippen molar-refractivity contribution in [3.63, 3.8) is 0 Å². The molecule has 1 aromatic rings. The molecular formula is C13H18Br2ClNO. The number of hydrogen-bond acceptors (Lipinski definition) is 2. The molecule has 1 heterocycles. The zero-order valence-electron chi connectivity index (χ0n) is 10.1. The fraction of sp³-hybridized carbons (Fsp3) is 0.538. The molecule has 1 fully saturated rings. The Bertz CT molecular complexity index is 370. The molecule has 18 heavy (non-hydrogen) atoms. The van der Waals surface area contributed by atoms with E-state index in [1.807, 2.05) is 18.2 Å². The van der Waals surface area contributed by atoms with Crippen LogP contribution in [0.3, 0.4) is 0 Å². The van der Waals surface area contributed by atoms with Crippen molar-refractivity contribution in [3.8, 4) is 5.75 Å². The molecule has 1 atom stereocenters. The lowest BCUT2D eigenvalue weighted by molar-refractivity contribution is 0.253. The standard InChI is InChI=1S/C13H17Br2NO.ClH/c14-11-3-4-13(12(15)8-11)17-7-5-10-2-1-6-16-9-10;/h3-4,8,10,16H,1-2,5-7,9H2;1H. The summed E-state index contributed by atoms with van der Waals surface area (Å²) in [5.41, 5.74) is 0. The lowest BCUT2D eigenvalue weighted by atomic mass is 9.97. The van der Waals surface area contributed by atoms with Gasteiger partial charge in [-0.2, -0.15) is 0 Å². The van der Waals surface area contributed by atoms with Crippen molar-refractivity contribution in [3.05, 3.63) is 27.1 Å². The first kappa shape index (κ1) is 16.3. The summed E-state index contributed by atoms with van der Waals surface area (Å²) in [4.78, 5) is 0. The average Bonchev–Trinajstić information content (AvgIpc) is 2.33. The number of hydrogen-bond donors (Lipinski definition) is 1. The molecule has 0 saturated carbocycles. The van der Waals surface area contributed by atoms with Gasteiger partial charge in [0.1, 0.15) is 5.75 Å². The molecule has 2 rings (SSSR count). The lowest BCUT2D eigenvalue weighted by Gasteiger charge is -2.22. The Labute approximate surface area is 132 Å². The van der Waals surface area contributed by atoms with Gasteiger partial charge in [0, 0.05) is 4.47 Å². The molecule has 1 aliphatic rings. The van der Waals surface area contributed by atoms with Gasteiger partial charge in [0.25, 0.3) is 0 Å². The molecule has 1 aliphatic heterocycles. The van der Waals surface area contributed by atoms with Crippen LogP contribution in [0, 0.1) is 5.92 Å². The monoisotopic (exact) mass is 397 g/mol. The molecule has 1 N–H and O–H groups in total. The third-order valence-corrected chi connectivity index (χ3v) is 4.19. The van der Waals surface area contributed by atoms with Gasteiger partial charge in [-0.05, 0) is 72.4 Å². The van der Waals surface area contributed by atoms with Gasteiger partial charge >= 0.3 is 0 Å². The average molecular weight is 400 g/mol. The van der Waals surface area contributed by atoms with E-state index < -0.39 is 0 Å². The maximum absolute atomic E-state index is 5.80. The molecule has 0 aliphatic carbocycles. The van der Waals surface area contributed by atoms with E-state index in [0.29, 0.717) is 0 Å². The number of nitrogens with one attached hydrogen (secondary N) is 1. The minimum atomic E-state index is 0. The van der Waals surface area contributed by atoms with Crippen LogP contribution >= 0.6 is 44.3 Å². The van der Waals surface area contributed by atoms with Crippen molar-refractivity contribution in [1.82, 2.24) is 5.32 Å². The Hall–Kier alpha value is 0.230. The van der Waals surface area contributed by atoms with E-state index in [1.54, 1.807) is 0 Å². The molecule has 1 aromatic carbocycles. The Balaban J connectivity index is 0.00000162. The number of piperidine rings is 1. The molecule has 5 heteroatoms. The number of halogens is 3. The van der Waals surface area contributed by atoms with Crippen LogP contribution < -0.4 is 10.1 Å². The number of benzene rings is 1. The molecule has 0 amide bonds. The van der Waals surface area contributed by atoms with Crippen molar-refractivity contribution >= 4 is 44.3 Å². The van der Waals surface area contributed by atoms with Crippen LogP contribution in [0.1, 0.15) is 19.3 Å². The zero-order valence-corrected chi connectivity index (χ0v) is 14.1. The van der Waals surface area contributed by atoms with Crippen molar-refractivity contribution in [2.75, 3.05) is 19.7 Å². The van der Waals surface area contributed by atoms with Gasteiger partial charge in [-0.1, -0.05) is 15.9 Å². The third-order valence-electron chi connectivity index (χ3n) is 3.08. The van der Waals surface area contributed by atoms with Crippen LogP contribution in [0.25, 0.3) is 0 Å². The molecule has 2 nitrogen and oxygen atoms in total. The first-order valence-corrected chi connectivity index (χ1v) is 7.63. The first-order chi connectivity index (χ1) is 8.25. The van der Waals surface area contributed by atoms with Crippen LogP contribution in [0.5, 0.6) is 5.75 Å². The smallest absolute Gasteiger partial charge is 0.133 e. The van der Waals surface area contributed by atoms with Gasteiger partial charge in [0.2, 0.25) is 0 Å². The summed E-state index contributed by atoms with van der Waals surface area (Å²) in [5.74, 6) is 1.70. The van der Waals surface area contributed by atoms with Gasteiger partial charge in [0.15, 0.2) is 0 Å². The van der Waals surface area contributed by atoms with Crippen molar-refractivity contribution in [2.24, 2.45) is 5.92 Å². The third kappa shape index (κ3) is 5.08. The maximum Gasteiger partial charge on any atom is 0.133 e. The van der Waals surface area contributed by atoms with Crippen LogP contribution in [0.4, 0.5) is 0 Å². The Morgan fingerprint density at radius 1 is 1.33 bits per heavy atom. The van der Waals surface area contributed by atoms with E-state index in [2.05, 4.69) is 37.2 Å².